The molecule has 2 aromatic carbocycles. The first-order valence-electron chi connectivity index (χ1n) is 12.9. The van der Waals surface area contributed by atoms with Crippen LogP contribution in [0.5, 0.6) is 0 Å². The van der Waals surface area contributed by atoms with Crippen molar-refractivity contribution in [2.45, 2.75) is 36.1 Å². The van der Waals surface area contributed by atoms with Gasteiger partial charge >= 0.3 is 0 Å². The van der Waals surface area contributed by atoms with Crippen LogP contribution in [0.1, 0.15) is 34.5 Å². The molecule has 0 bridgehead atoms. The fourth-order valence-electron chi connectivity index (χ4n) is 5.51. The Hall–Kier alpha value is -2.85. The normalized spacial score (nSPS) is 20.5. The van der Waals surface area contributed by atoms with E-state index in [0.29, 0.717) is 38.1 Å². The van der Waals surface area contributed by atoms with Crippen molar-refractivity contribution in [3.8, 4) is 16.9 Å². The van der Waals surface area contributed by atoms with E-state index in [1.165, 1.54) is 5.56 Å². The van der Waals surface area contributed by atoms with Crippen LogP contribution in [0, 0.1) is 0 Å². The Kier molecular flexibility index (Phi) is 6.94. The third-order valence-corrected chi connectivity index (χ3v) is 9.00. The predicted octanol–water partition coefficient (Wildman–Crippen LogP) is 3.24. The van der Waals surface area contributed by atoms with Gasteiger partial charge in [0.15, 0.2) is 5.69 Å². The summed E-state index contributed by atoms with van der Waals surface area (Å²) in [4.78, 5) is 18.6. The molecule has 0 radical (unpaired) electrons. The van der Waals surface area contributed by atoms with Gasteiger partial charge in [-0.1, -0.05) is 30.3 Å². The molecule has 1 atom stereocenters. The van der Waals surface area contributed by atoms with E-state index in [2.05, 4.69) is 29.2 Å². The molecule has 3 aliphatic rings. The number of amides is 1. The molecule has 2 fully saturated rings. The minimum atomic E-state index is -1.23. The van der Waals surface area contributed by atoms with Gasteiger partial charge in [0.1, 0.15) is 0 Å². The van der Waals surface area contributed by atoms with Gasteiger partial charge in [-0.2, -0.15) is 5.10 Å². The molecule has 6 rings (SSSR count). The van der Waals surface area contributed by atoms with E-state index < -0.39 is 10.8 Å². The highest BCUT2D eigenvalue weighted by Gasteiger charge is 2.34. The van der Waals surface area contributed by atoms with Crippen molar-refractivity contribution in [3.63, 3.8) is 0 Å². The Bertz CT molecular complexity index is 1310. The van der Waals surface area contributed by atoms with Crippen LogP contribution < -0.4 is 0 Å². The number of rotatable bonds is 5. The summed E-state index contributed by atoms with van der Waals surface area (Å²) in [6.45, 7) is 5.09. The lowest BCUT2D eigenvalue weighted by Gasteiger charge is -2.31. The summed E-state index contributed by atoms with van der Waals surface area (Å²) in [7, 11) is 0.569. The van der Waals surface area contributed by atoms with E-state index >= 15 is 0 Å². The maximum atomic E-state index is 13.5. The number of likely N-dealkylation sites (tertiary alicyclic amines) is 1. The number of carbonyl (C=O) groups is 1. The first-order chi connectivity index (χ1) is 18.1. The monoisotopic (exact) mass is 520 g/mol. The molecule has 4 heterocycles. The molecule has 3 aliphatic heterocycles. The third kappa shape index (κ3) is 4.77. The number of hydrogen-bond acceptors (Lipinski definition) is 6. The van der Waals surface area contributed by atoms with Crippen molar-refractivity contribution in [1.82, 2.24) is 19.6 Å². The van der Waals surface area contributed by atoms with Crippen LogP contribution in [0.3, 0.4) is 0 Å². The number of benzene rings is 2. The van der Waals surface area contributed by atoms with Crippen molar-refractivity contribution < 1.29 is 18.5 Å². The Morgan fingerprint density at radius 2 is 1.78 bits per heavy atom. The fraction of sp³-hybridized carbons (Fsp3) is 0.429. The molecule has 2 saturated heterocycles. The number of methoxy groups -OCH3 is 1. The van der Waals surface area contributed by atoms with Crippen molar-refractivity contribution >= 4 is 16.7 Å². The minimum absolute atomic E-state index is 0.120. The lowest BCUT2D eigenvalue weighted by atomic mass is 10.0. The van der Waals surface area contributed by atoms with Crippen molar-refractivity contribution in [2.75, 3.05) is 46.5 Å². The summed E-state index contributed by atoms with van der Waals surface area (Å²) in [6.07, 6.45) is 2.50. The summed E-state index contributed by atoms with van der Waals surface area (Å²) in [6, 6.07) is 16.2. The molecule has 8 nitrogen and oxygen atoms in total. The Morgan fingerprint density at radius 1 is 1.05 bits per heavy atom. The van der Waals surface area contributed by atoms with E-state index in [-0.39, 0.29) is 11.7 Å². The van der Waals surface area contributed by atoms with Crippen LogP contribution in [0.2, 0.25) is 0 Å². The SMILES string of the molecule is COC1CCN(Cc2ccc(-n3nc(C(=O)N4CCOCC4)c4c3-c3ccccc3S(=O)C4)cc2)CC1. The maximum Gasteiger partial charge on any atom is 0.274 e. The number of aromatic nitrogens is 2. The van der Waals surface area contributed by atoms with Gasteiger partial charge in [0.25, 0.3) is 5.91 Å². The van der Waals surface area contributed by atoms with Crippen LogP contribution in [0.25, 0.3) is 16.9 Å². The largest absolute Gasteiger partial charge is 0.381 e. The Labute approximate surface area is 219 Å². The summed E-state index contributed by atoms with van der Waals surface area (Å²) in [5.74, 6) is 0.165. The molecule has 0 aliphatic carbocycles. The van der Waals surface area contributed by atoms with Crippen LogP contribution in [-0.2, 0) is 32.6 Å². The lowest BCUT2D eigenvalue weighted by molar-refractivity contribution is 0.0298. The molecule has 1 unspecified atom stereocenters. The summed E-state index contributed by atoms with van der Waals surface area (Å²) >= 11 is 0. The van der Waals surface area contributed by atoms with Gasteiger partial charge in [0.2, 0.25) is 0 Å². The number of hydrogen-bond donors (Lipinski definition) is 0. The highest BCUT2D eigenvalue weighted by molar-refractivity contribution is 7.84. The zero-order chi connectivity index (χ0) is 25.4. The van der Waals surface area contributed by atoms with Crippen LogP contribution >= 0.6 is 0 Å². The van der Waals surface area contributed by atoms with Crippen molar-refractivity contribution in [3.05, 3.63) is 65.4 Å². The van der Waals surface area contributed by atoms with Crippen molar-refractivity contribution in [1.29, 1.82) is 0 Å². The number of fused-ring (bicyclic) bond motifs is 3. The topological polar surface area (TPSA) is 76.9 Å². The molecule has 37 heavy (non-hydrogen) atoms. The Balaban J connectivity index is 1.34. The fourth-order valence-corrected chi connectivity index (χ4v) is 6.84. The Morgan fingerprint density at radius 3 is 2.51 bits per heavy atom. The zero-order valence-electron chi connectivity index (χ0n) is 21.1. The maximum absolute atomic E-state index is 13.5. The van der Waals surface area contributed by atoms with Gasteiger partial charge in [-0.3, -0.25) is 13.9 Å². The molecular weight excluding hydrogens is 488 g/mol. The molecule has 0 N–H and O–H groups in total. The second-order valence-corrected chi connectivity index (χ2v) is 11.3. The molecular formula is C28H32N4O4S. The van der Waals surface area contributed by atoms with Crippen LogP contribution in [-0.4, -0.2) is 82.3 Å². The van der Waals surface area contributed by atoms with E-state index in [4.69, 9.17) is 14.6 Å². The number of nitrogens with zero attached hydrogens (tertiary/aromatic N) is 4. The minimum Gasteiger partial charge on any atom is -0.381 e. The van der Waals surface area contributed by atoms with Crippen LogP contribution in [0.4, 0.5) is 0 Å². The first kappa shape index (κ1) is 24.5. The summed E-state index contributed by atoms with van der Waals surface area (Å²) < 4.78 is 25.9. The zero-order valence-corrected chi connectivity index (χ0v) is 21.9. The number of carbonyl (C=O) groups excluding carboxylic acids is 1. The lowest BCUT2D eigenvalue weighted by Crippen LogP contribution is -2.41. The van der Waals surface area contributed by atoms with Gasteiger partial charge in [-0.15, -0.1) is 0 Å². The summed E-state index contributed by atoms with van der Waals surface area (Å²) in [5, 5.41) is 4.86. The van der Waals surface area contributed by atoms with Gasteiger partial charge in [0, 0.05) is 55.9 Å². The molecule has 194 valence electrons. The van der Waals surface area contributed by atoms with E-state index in [1.54, 1.807) is 12.0 Å². The highest BCUT2D eigenvalue weighted by atomic mass is 32.2. The van der Waals surface area contributed by atoms with E-state index in [9.17, 15) is 9.00 Å². The first-order valence-corrected chi connectivity index (χ1v) is 14.3. The highest BCUT2D eigenvalue weighted by Crippen LogP contribution is 2.39. The van der Waals surface area contributed by atoms with Gasteiger partial charge < -0.3 is 14.4 Å². The van der Waals surface area contributed by atoms with E-state index in [0.717, 1.165) is 59.9 Å². The molecule has 0 spiro atoms. The number of morpholine rings is 1. The quantitative estimate of drug-likeness (QED) is 0.514. The molecule has 9 heteroatoms. The molecule has 1 aromatic heterocycles. The number of piperidine rings is 1. The second kappa shape index (κ2) is 10.5. The van der Waals surface area contributed by atoms with E-state index in [1.807, 2.05) is 28.9 Å². The van der Waals surface area contributed by atoms with Gasteiger partial charge in [-0.25, -0.2) is 4.68 Å². The number of ether oxygens (including phenoxy) is 2. The van der Waals surface area contributed by atoms with Crippen LogP contribution in [0.15, 0.2) is 53.4 Å². The molecule has 0 saturated carbocycles. The van der Waals surface area contributed by atoms with Gasteiger partial charge in [-0.05, 0) is 36.6 Å². The standard InChI is InChI=1S/C28H32N4O4S/c1-35-22-10-12-30(13-11-22)18-20-6-8-21(9-7-20)32-27-23-4-2-3-5-25(23)37(34)19-24(27)26(29-32)28(33)31-14-16-36-17-15-31/h2-9,22H,10-19H2,1H3. The predicted molar refractivity (Wildman–Crippen MR) is 141 cm³/mol. The average molecular weight is 521 g/mol. The van der Waals surface area contributed by atoms with Gasteiger partial charge in [0.05, 0.1) is 47.3 Å². The second-order valence-electron chi connectivity index (χ2n) is 9.86. The molecule has 3 aromatic rings. The average Bonchev–Trinajstić information content (AvgIpc) is 3.33. The third-order valence-electron chi connectivity index (χ3n) is 7.60. The summed E-state index contributed by atoms with van der Waals surface area (Å²) in [5.41, 5.74) is 5.03. The van der Waals surface area contributed by atoms with Crippen molar-refractivity contribution in [2.24, 2.45) is 0 Å². The smallest absolute Gasteiger partial charge is 0.274 e. The molecule has 1 amide bonds.